The van der Waals surface area contributed by atoms with E-state index >= 15 is 0 Å². The Morgan fingerprint density at radius 1 is 1.16 bits per heavy atom. The summed E-state index contributed by atoms with van der Waals surface area (Å²) < 4.78 is 14.7. The molecule has 0 bridgehead atoms. The van der Waals surface area contributed by atoms with Crippen LogP contribution in [-0.4, -0.2) is 39.6 Å². The van der Waals surface area contributed by atoms with E-state index in [9.17, 15) is 9.59 Å². The van der Waals surface area contributed by atoms with Crippen LogP contribution < -0.4 is 10.3 Å². The van der Waals surface area contributed by atoms with Crippen molar-refractivity contribution in [2.24, 2.45) is 5.10 Å². The highest BCUT2D eigenvalue weighted by Gasteiger charge is 2.16. The lowest BCUT2D eigenvalue weighted by molar-refractivity contribution is -0.147. The third-order valence-corrected chi connectivity index (χ3v) is 6.85. The topological polar surface area (TPSA) is 87.7 Å². The van der Waals surface area contributed by atoms with Gasteiger partial charge in [0.1, 0.15) is 11.6 Å². The Labute approximate surface area is 230 Å². The van der Waals surface area contributed by atoms with Crippen LogP contribution in [0.5, 0.6) is 5.75 Å². The summed E-state index contributed by atoms with van der Waals surface area (Å²) in [5.74, 6) is 0.792. The van der Waals surface area contributed by atoms with Gasteiger partial charge in [0.15, 0.2) is 6.10 Å². The van der Waals surface area contributed by atoms with Crippen LogP contribution in [0.2, 0.25) is 0 Å². The van der Waals surface area contributed by atoms with E-state index in [1.165, 1.54) is 11.8 Å². The Morgan fingerprint density at radius 3 is 2.58 bits per heavy atom. The van der Waals surface area contributed by atoms with Crippen LogP contribution in [0, 0.1) is 13.8 Å². The maximum atomic E-state index is 13.4. The summed E-state index contributed by atoms with van der Waals surface area (Å²) in [6.45, 7) is 7.78. The van der Waals surface area contributed by atoms with Crippen molar-refractivity contribution in [2.75, 3.05) is 7.11 Å². The second kappa shape index (κ2) is 11.8. The Hall–Kier alpha value is -3.72. The van der Waals surface area contributed by atoms with Gasteiger partial charge in [0.05, 0.1) is 24.2 Å². The van der Waals surface area contributed by atoms with E-state index in [4.69, 9.17) is 14.5 Å². The standard InChI is InChI=1S/C29H31BrN4O4/c1-6-7-8-27-32-26-14-9-22(30)16-25(26)28(35)34(27)31-17-21-15-18(2)33(19(21)3)23-10-12-24(13-11-23)38-20(4)29(36)37-5/h9-17,20H,6-8H2,1-5H3/t20-/m1/s1. The van der Waals surface area contributed by atoms with E-state index in [1.54, 1.807) is 19.2 Å². The molecule has 198 valence electrons. The highest BCUT2D eigenvalue weighted by Crippen LogP contribution is 2.23. The predicted octanol–water partition coefficient (Wildman–Crippen LogP) is 5.73. The molecule has 38 heavy (non-hydrogen) atoms. The van der Waals surface area contributed by atoms with Gasteiger partial charge in [-0.1, -0.05) is 29.3 Å². The van der Waals surface area contributed by atoms with Crippen LogP contribution in [0.4, 0.5) is 0 Å². The first-order valence-electron chi connectivity index (χ1n) is 12.5. The fourth-order valence-electron chi connectivity index (χ4n) is 4.34. The number of ether oxygens (including phenoxy) is 2. The number of hydrogen-bond acceptors (Lipinski definition) is 6. The molecule has 0 saturated heterocycles. The molecule has 2 aromatic heterocycles. The number of aryl methyl sites for hydroxylation is 2. The molecule has 4 aromatic rings. The first-order chi connectivity index (χ1) is 18.2. The van der Waals surface area contributed by atoms with Gasteiger partial charge in [-0.3, -0.25) is 4.79 Å². The number of aromatic nitrogens is 3. The summed E-state index contributed by atoms with van der Waals surface area (Å²) in [5.41, 5.74) is 4.30. The van der Waals surface area contributed by atoms with Gasteiger partial charge in [0, 0.05) is 33.5 Å². The van der Waals surface area contributed by atoms with E-state index in [0.29, 0.717) is 28.9 Å². The van der Waals surface area contributed by atoms with Crippen molar-refractivity contribution in [3.8, 4) is 11.4 Å². The molecule has 0 aliphatic carbocycles. The SMILES string of the molecule is CCCCc1nc2ccc(Br)cc2c(=O)n1N=Cc1cc(C)n(-c2ccc(O[C@H](C)C(=O)OC)cc2)c1C. The molecule has 1 atom stereocenters. The molecule has 0 fully saturated rings. The number of carbonyl (C=O) groups excluding carboxylic acids is 1. The van der Waals surface area contributed by atoms with Crippen molar-refractivity contribution in [3.05, 3.63) is 86.1 Å². The zero-order chi connectivity index (χ0) is 27.4. The summed E-state index contributed by atoms with van der Waals surface area (Å²) >= 11 is 3.45. The third-order valence-electron chi connectivity index (χ3n) is 6.35. The van der Waals surface area contributed by atoms with Crippen molar-refractivity contribution in [1.29, 1.82) is 0 Å². The second-order valence-corrected chi connectivity index (χ2v) is 10.0. The van der Waals surface area contributed by atoms with Crippen LogP contribution in [0.1, 0.15) is 49.5 Å². The maximum absolute atomic E-state index is 13.4. The van der Waals surface area contributed by atoms with Gasteiger partial charge in [-0.15, -0.1) is 0 Å². The molecule has 8 nitrogen and oxygen atoms in total. The first-order valence-corrected chi connectivity index (χ1v) is 13.3. The van der Waals surface area contributed by atoms with Gasteiger partial charge in [-0.25, -0.2) is 9.78 Å². The lowest BCUT2D eigenvalue weighted by Gasteiger charge is -2.14. The van der Waals surface area contributed by atoms with E-state index < -0.39 is 12.1 Å². The Morgan fingerprint density at radius 2 is 1.89 bits per heavy atom. The smallest absolute Gasteiger partial charge is 0.346 e. The van der Waals surface area contributed by atoms with E-state index in [0.717, 1.165) is 40.0 Å². The van der Waals surface area contributed by atoms with Crippen LogP contribution in [0.15, 0.2) is 62.9 Å². The van der Waals surface area contributed by atoms with Crippen LogP contribution >= 0.6 is 15.9 Å². The third kappa shape index (κ3) is 5.72. The zero-order valence-corrected chi connectivity index (χ0v) is 23.8. The lowest BCUT2D eigenvalue weighted by atomic mass is 10.2. The van der Waals surface area contributed by atoms with E-state index in [1.807, 2.05) is 56.3 Å². The van der Waals surface area contributed by atoms with Gasteiger partial charge in [-0.05, 0) is 75.7 Å². The Bertz CT molecular complexity index is 1550. The summed E-state index contributed by atoms with van der Waals surface area (Å²) in [6, 6.07) is 15.1. The van der Waals surface area contributed by atoms with Gasteiger partial charge in [-0.2, -0.15) is 9.78 Å². The minimum absolute atomic E-state index is 0.191. The van der Waals surface area contributed by atoms with Crippen molar-refractivity contribution in [3.63, 3.8) is 0 Å². The van der Waals surface area contributed by atoms with Gasteiger partial charge < -0.3 is 14.0 Å². The van der Waals surface area contributed by atoms with E-state index in [-0.39, 0.29) is 5.56 Å². The fraction of sp³-hybridized carbons (Fsp3) is 0.310. The number of halogens is 1. The number of nitrogens with zero attached hydrogens (tertiary/aromatic N) is 4. The number of rotatable bonds is 9. The molecule has 0 spiro atoms. The Balaban J connectivity index is 1.67. The van der Waals surface area contributed by atoms with Crippen LogP contribution in [0.3, 0.4) is 0 Å². The largest absolute Gasteiger partial charge is 0.479 e. The number of unbranched alkanes of at least 4 members (excludes halogenated alkanes) is 1. The molecular weight excluding hydrogens is 548 g/mol. The highest BCUT2D eigenvalue weighted by molar-refractivity contribution is 9.10. The molecule has 0 unspecified atom stereocenters. The van der Waals surface area contributed by atoms with E-state index in [2.05, 4.69) is 32.5 Å². The van der Waals surface area contributed by atoms with Gasteiger partial charge in [0.2, 0.25) is 0 Å². The predicted molar refractivity (Wildman–Crippen MR) is 153 cm³/mol. The summed E-state index contributed by atoms with van der Waals surface area (Å²) in [5, 5.41) is 5.13. The molecule has 9 heteroatoms. The fourth-order valence-corrected chi connectivity index (χ4v) is 4.70. The lowest BCUT2D eigenvalue weighted by Crippen LogP contribution is -2.24. The molecule has 2 heterocycles. The highest BCUT2D eigenvalue weighted by atomic mass is 79.9. The maximum Gasteiger partial charge on any atom is 0.346 e. The molecule has 0 N–H and O–H groups in total. The second-order valence-electron chi connectivity index (χ2n) is 9.09. The first kappa shape index (κ1) is 27.3. The molecule has 2 aromatic carbocycles. The monoisotopic (exact) mass is 578 g/mol. The van der Waals surface area contributed by atoms with Crippen molar-refractivity contribution in [1.82, 2.24) is 14.2 Å². The van der Waals surface area contributed by atoms with Crippen molar-refractivity contribution < 1.29 is 14.3 Å². The van der Waals surface area contributed by atoms with Gasteiger partial charge in [0.25, 0.3) is 5.56 Å². The van der Waals surface area contributed by atoms with Crippen LogP contribution in [0.25, 0.3) is 16.6 Å². The average Bonchev–Trinajstić information content (AvgIpc) is 3.19. The number of methoxy groups -OCH3 is 1. The normalized spacial score (nSPS) is 12.3. The molecule has 4 rings (SSSR count). The molecule has 0 aliphatic rings. The number of fused-ring (bicyclic) bond motifs is 1. The number of hydrogen-bond donors (Lipinski definition) is 0. The molecule has 0 amide bonds. The van der Waals surface area contributed by atoms with Gasteiger partial charge >= 0.3 is 5.97 Å². The number of benzene rings is 2. The van der Waals surface area contributed by atoms with Crippen molar-refractivity contribution >= 4 is 39.0 Å². The number of carbonyl (C=O) groups is 1. The molecule has 0 saturated carbocycles. The molecular formula is C29H31BrN4O4. The zero-order valence-electron chi connectivity index (χ0n) is 22.2. The molecule has 0 aliphatic heterocycles. The average molecular weight is 579 g/mol. The van der Waals surface area contributed by atoms with Crippen LogP contribution in [-0.2, 0) is 16.0 Å². The quantitative estimate of drug-likeness (QED) is 0.187. The number of esters is 1. The summed E-state index contributed by atoms with van der Waals surface area (Å²) in [4.78, 5) is 29.8. The summed E-state index contributed by atoms with van der Waals surface area (Å²) in [7, 11) is 1.34. The summed E-state index contributed by atoms with van der Waals surface area (Å²) in [6.07, 6.45) is 3.59. The Kier molecular flexibility index (Phi) is 8.46. The molecule has 0 radical (unpaired) electrons. The minimum atomic E-state index is -0.694. The minimum Gasteiger partial charge on any atom is -0.479 e. The van der Waals surface area contributed by atoms with Crippen molar-refractivity contribution in [2.45, 2.75) is 53.1 Å².